The van der Waals surface area contributed by atoms with E-state index in [1.807, 2.05) is 31.2 Å². The van der Waals surface area contributed by atoms with Crippen LogP contribution in [0.2, 0.25) is 0 Å². The molecule has 3 N–H and O–H groups in total. The molecule has 20 heavy (non-hydrogen) atoms. The Bertz CT molecular complexity index is 592. The molecule has 2 rings (SSSR count). The average Bonchev–Trinajstić information content (AvgIpc) is 2.45. The van der Waals surface area contributed by atoms with Crippen molar-refractivity contribution in [3.05, 3.63) is 63.9 Å². The van der Waals surface area contributed by atoms with E-state index < -0.39 is 0 Å². The molecule has 0 saturated carbocycles. The van der Waals surface area contributed by atoms with Gasteiger partial charge in [-0.3, -0.25) is 5.84 Å². The fourth-order valence-corrected chi connectivity index (χ4v) is 2.56. The van der Waals surface area contributed by atoms with Crippen LogP contribution >= 0.6 is 15.9 Å². The molecule has 0 saturated heterocycles. The number of para-hydroxylation sites is 1. The van der Waals surface area contributed by atoms with Crippen LogP contribution in [0.5, 0.6) is 5.75 Å². The molecule has 0 heterocycles. The summed E-state index contributed by atoms with van der Waals surface area (Å²) in [5.74, 6) is 6.09. The van der Waals surface area contributed by atoms with Gasteiger partial charge in [0.1, 0.15) is 11.6 Å². The van der Waals surface area contributed by atoms with Gasteiger partial charge in [0.15, 0.2) is 0 Å². The molecule has 1 atom stereocenters. The lowest BCUT2D eigenvalue weighted by atomic mass is 9.98. The monoisotopic (exact) mass is 338 g/mol. The van der Waals surface area contributed by atoms with Crippen LogP contribution in [-0.2, 0) is 0 Å². The zero-order valence-electron chi connectivity index (χ0n) is 11.1. The lowest BCUT2D eigenvalue weighted by Crippen LogP contribution is -2.29. The molecule has 0 aliphatic rings. The summed E-state index contributed by atoms with van der Waals surface area (Å²) in [4.78, 5) is 0. The molecule has 2 aromatic rings. The van der Waals surface area contributed by atoms with Gasteiger partial charge in [0.2, 0.25) is 0 Å². The van der Waals surface area contributed by atoms with Gasteiger partial charge in [-0.2, -0.15) is 0 Å². The number of hydrogen-bond donors (Lipinski definition) is 2. The Kier molecular flexibility index (Phi) is 5.11. The van der Waals surface area contributed by atoms with Crippen LogP contribution in [0.4, 0.5) is 4.39 Å². The van der Waals surface area contributed by atoms with Gasteiger partial charge in [-0.25, -0.2) is 9.82 Å². The van der Waals surface area contributed by atoms with E-state index in [-0.39, 0.29) is 11.9 Å². The summed E-state index contributed by atoms with van der Waals surface area (Å²) in [5.41, 5.74) is 4.31. The van der Waals surface area contributed by atoms with Crippen LogP contribution in [-0.4, -0.2) is 6.61 Å². The van der Waals surface area contributed by atoms with Crippen LogP contribution < -0.4 is 16.0 Å². The van der Waals surface area contributed by atoms with Crippen LogP contribution in [0, 0.1) is 5.82 Å². The van der Waals surface area contributed by atoms with Crippen molar-refractivity contribution in [1.82, 2.24) is 5.43 Å². The van der Waals surface area contributed by atoms with Crippen LogP contribution in [0.15, 0.2) is 46.9 Å². The lowest BCUT2D eigenvalue weighted by Gasteiger charge is -2.21. The van der Waals surface area contributed by atoms with E-state index in [1.54, 1.807) is 6.07 Å². The topological polar surface area (TPSA) is 47.3 Å². The first-order valence-electron chi connectivity index (χ1n) is 6.30. The molecule has 3 nitrogen and oxygen atoms in total. The van der Waals surface area contributed by atoms with E-state index in [2.05, 4.69) is 21.4 Å². The zero-order valence-corrected chi connectivity index (χ0v) is 12.7. The SMILES string of the molecule is CCOc1ccccc1C(NN)c1cc(F)ccc1Br. The van der Waals surface area contributed by atoms with Gasteiger partial charge >= 0.3 is 0 Å². The second-order valence-electron chi connectivity index (χ2n) is 4.24. The van der Waals surface area contributed by atoms with E-state index >= 15 is 0 Å². The molecule has 1 unspecified atom stereocenters. The van der Waals surface area contributed by atoms with Crippen molar-refractivity contribution < 1.29 is 9.13 Å². The van der Waals surface area contributed by atoms with Crippen molar-refractivity contribution in [3.8, 4) is 5.75 Å². The normalized spacial score (nSPS) is 12.2. The highest BCUT2D eigenvalue weighted by atomic mass is 79.9. The predicted octanol–water partition coefficient (Wildman–Crippen LogP) is 3.54. The van der Waals surface area contributed by atoms with E-state index in [1.165, 1.54) is 12.1 Å². The van der Waals surface area contributed by atoms with Crippen LogP contribution in [0.3, 0.4) is 0 Å². The van der Waals surface area contributed by atoms with Crippen molar-refractivity contribution in [1.29, 1.82) is 0 Å². The molecule has 0 aromatic heterocycles. The highest BCUT2D eigenvalue weighted by Gasteiger charge is 2.19. The first-order valence-corrected chi connectivity index (χ1v) is 7.09. The summed E-state index contributed by atoms with van der Waals surface area (Å²) in [6, 6.07) is 11.7. The second kappa shape index (κ2) is 6.83. The number of halogens is 2. The quantitative estimate of drug-likeness (QED) is 0.647. The zero-order chi connectivity index (χ0) is 14.5. The largest absolute Gasteiger partial charge is 0.494 e. The minimum absolute atomic E-state index is 0.308. The number of rotatable bonds is 5. The van der Waals surface area contributed by atoms with E-state index in [4.69, 9.17) is 10.6 Å². The van der Waals surface area contributed by atoms with Gasteiger partial charge in [-0.05, 0) is 36.8 Å². The molecule has 0 bridgehead atoms. The summed E-state index contributed by atoms with van der Waals surface area (Å²) in [5, 5.41) is 0. The molecule has 0 fully saturated rings. The predicted molar refractivity (Wildman–Crippen MR) is 80.9 cm³/mol. The Morgan fingerprint density at radius 2 is 2.00 bits per heavy atom. The van der Waals surface area contributed by atoms with E-state index in [0.29, 0.717) is 6.61 Å². The Morgan fingerprint density at radius 1 is 1.25 bits per heavy atom. The summed E-state index contributed by atoms with van der Waals surface area (Å²) >= 11 is 3.43. The number of benzene rings is 2. The highest BCUT2D eigenvalue weighted by molar-refractivity contribution is 9.10. The minimum atomic E-state index is -0.358. The maximum Gasteiger partial charge on any atom is 0.124 e. The first kappa shape index (κ1) is 15.0. The smallest absolute Gasteiger partial charge is 0.124 e. The summed E-state index contributed by atoms with van der Waals surface area (Å²) < 4.78 is 19.9. The molecule has 5 heteroatoms. The van der Waals surface area contributed by atoms with Gasteiger partial charge in [-0.15, -0.1) is 0 Å². The number of ether oxygens (including phenoxy) is 1. The van der Waals surface area contributed by atoms with Crippen LogP contribution in [0.1, 0.15) is 24.1 Å². The van der Waals surface area contributed by atoms with E-state index in [0.717, 1.165) is 21.3 Å². The number of nitrogens with one attached hydrogen (secondary N) is 1. The Hall–Kier alpha value is -1.43. The number of hydrogen-bond acceptors (Lipinski definition) is 3. The van der Waals surface area contributed by atoms with Gasteiger partial charge in [-0.1, -0.05) is 34.1 Å². The van der Waals surface area contributed by atoms with Crippen molar-refractivity contribution in [3.63, 3.8) is 0 Å². The minimum Gasteiger partial charge on any atom is -0.494 e. The molecule has 0 radical (unpaired) electrons. The summed E-state index contributed by atoms with van der Waals surface area (Å²) in [7, 11) is 0. The molecule has 0 spiro atoms. The highest BCUT2D eigenvalue weighted by Crippen LogP contribution is 2.33. The Balaban J connectivity index is 2.49. The van der Waals surface area contributed by atoms with Crippen molar-refractivity contribution in [2.45, 2.75) is 13.0 Å². The van der Waals surface area contributed by atoms with Crippen molar-refractivity contribution in [2.75, 3.05) is 6.61 Å². The maximum atomic E-state index is 13.5. The molecule has 2 aromatic carbocycles. The summed E-state index contributed by atoms with van der Waals surface area (Å²) in [6.07, 6.45) is 0. The standard InChI is InChI=1S/C15H16BrFN2O/c1-2-20-14-6-4-3-5-11(14)15(19-18)12-9-10(17)7-8-13(12)16/h3-9,15,19H,2,18H2,1H3. The maximum absolute atomic E-state index is 13.5. The average molecular weight is 339 g/mol. The Morgan fingerprint density at radius 3 is 2.70 bits per heavy atom. The van der Waals surface area contributed by atoms with Gasteiger partial charge in [0.25, 0.3) is 0 Å². The fraction of sp³-hybridized carbons (Fsp3) is 0.200. The van der Waals surface area contributed by atoms with Gasteiger partial charge in [0, 0.05) is 10.0 Å². The molecular formula is C15H16BrFN2O. The molecule has 0 aliphatic heterocycles. The summed E-state index contributed by atoms with van der Waals surface area (Å²) in [6.45, 7) is 2.47. The fourth-order valence-electron chi connectivity index (χ4n) is 2.09. The van der Waals surface area contributed by atoms with Gasteiger partial charge < -0.3 is 4.74 Å². The number of nitrogens with two attached hydrogens (primary N) is 1. The van der Waals surface area contributed by atoms with Crippen LogP contribution in [0.25, 0.3) is 0 Å². The number of hydrazine groups is 1. The lowest BCUT2D eigenvalue weighted by molar-refractivity contribution is 0.333. The second-order valence-corrected chi connectivity index (χ2v) is 5.09. The van der Waals surface area contributed by atoms with Crippen molar-refractivity contribution >= 4 is 15.9 Å². The molecule has 106 valence electrons. The molecular weight excluding hydrogens is 323 g/mol. The third-order valence-electron chi connectivity index (χ3n) is 2.97. The Labute approximate surface area is 126 Å². The van der Waals surface area contributed by atoms with E-state index in [9.17, 15) is 4.39 Å². The van der Waals surface area contributed by atoms with Gasteiger partial charge in [0.05, 0.1) is 12.6 Å². The third kappa shape index (κ3) is 3.17. The third-order valence-corrected chi connectivity index (χ3v) is 3.69. The van der Waals surface area contributed by atoms with Crippen molar-refractivity contribution in [2.24, 2.45) is 5.84 Å². The molecule has 0 aliphatic carbocycles. The first-order chi connectivity index (χ1) is 9.67. The molecule has 0 amide bonds.